The topological polar surface area (TPSA) is 92.8 Å². The van der Waals surface area contributed by atoms with E-state index in [1.807, 2.05) is 18.2 Å². The minimum absolute atomic E-state index is 0.131. The molecule has 1 saturated heterocycles. The molecular weight excluding hydrogens is 458 g/mol. The van der Waals surface area contributed by atoms with E-state index in [2.05, 4.69) is 32.3 Å². The van der Waals surface area contributed by atoms with Gasteiger partial charge in [-0.1, -0.05) is 18.2 Å². The van der Waals surface area contributed by atoms with Gasteiger partial charge in [0.2, 0.25) is 0 Å². The zero-order chi connectivity index (χ0) is 24.9. The standard InChI is InChI=1S/C27H27N5O4/c1-35-22-9-7-20(8-10-22)28-27(34)24-12-11-23(36-24)19-32-26(33)14-13-25(29-32)31-17-15-30(16-18-31)21-5-3-2-4-6-21/h2-14H,15-19H2,1H3,(H,28,34). The molecule has 1 aliphatic heterocycles. The Hall–Kier alpha value is -4.53. The maximum Gasteiger partial charge on any atom is 0.291 e. The van der Waals surface area contributed by atoms with E-state index in [1.54, 1.807) is 49.6 Å². The summed E-state index contributed by atoms with van der Waals surface area (Å²) in [6.07, 6.45) is 0. The number of nitrogens with zero attached hydrogens (tertiary/aromatic N) is 4. The highest BCUT2D eigenvalue weighted by molar-refractivity contribution is 6.02. The number of benzene rings is 2. The lowest BCUT2D eigenvalue weighted by Gasteiger charge is -2.36. The van der Waals surface area contributed by atoms with Crippen LogP contribution in [0.25, 0.3) is 0 Å². The molecule has 184 valence electrons. The van der Waals surface area contributed by atoms with Crippen LogP contribution in [0.15, 0.2) is 88.1 Å². The van der Waals surface area contributed by atoms with Gasteiger partial charge in [0.15, 0.2) is 5.76 Å². The van der Waals surface area contributed by atoms with Gasteiger partial charge in [-0.25, -0.2) is 4.68 Å². The fourth-order valence-electron chi connectivity index (χ4n) is 4.15. The average molecular weight is 486 g/mol. The van der Waals surface area contributed by atoms with E-state index in [-0.39, 0.29) is 23.8 Å². The van der Waals surface area contributed by atoms with Crippen LogP contribution in [-0.4, -0.2) is 49.0 Å². The van der Waals surface area contributed by atoms with Crippen LogP contribution < -0.4 is 25.4 Å². The van der Waals surface area contributed by atoms with E-state index in [0.717, 1.165) is 32.0 Å². The summed E-state index contributed by atoms with van der Waals surface area (Å²) in [5.41, 5.74) is 1.60. The van der Waals surface area contributed by atoms with E-state index in [9.17, 15) is 9.59 Å². The molecule has 0 atom stereocenters. The molecule has 1 amide bonds. The monoisotopic (exact) mass is 485 g/mol. The second-order valence-electron chi connectivity index (χ2n) is 8.45. The van der Waals surface area contributed by atoms with Gasteiger partial charge in [0.1, 0.15) is 23.9 Å². The average Bonchev–Trinajstić information content (AvgIpc) is 3.40. The predicted octanol–water partition coefficient (Wildman–Crippen LogP) is 3.47. The number of hydrogen-bond donors (Lipinski definition) is 1. The van der Waals surface area contributed by atoms with Crippen molar-refractivity contribution < 1.29 is 13.9 Å². The molecule has 0 bridgehead atoms. The number of methoxy groups -OCH3 is 1. The summed E-state index contributed by atoms with van der Waals surface area (Å²) in [5, 5.41) is 7.35. The van der Waals surface area contributed by atoms with E-state index in [4.69, 9.17) is 9.15 Å². The lowest BCUT2D eigenvalue weighted by atomic mass is 10.2. The van der Waals surface area contributed by atoms with Crippen LogP contribution in [0.2, 0.25) is 0 Å². The summed E-state index contributed by atoms with van der Waals surface area (Å²) in [6.45, 7) is 3.48. The van der Waals surface area contributed by atoms with Gasteiger partial charge in [-0.15, -0.1) is 0 Å². The minimum Gasteiger partial charge on any atom is -0.497 e. The molecule has 3 heterocycles. The molecule has 0 saturated carbocycles. The first kappa shape index (κ1) is 23.2. The molecule has 2 aromatic heterocycles. The van der Waals surface area contributed by atoms with E-state index < -0.39 is 0 Å². The molecule has 1 N–H and O–H groups in total. The van der Waals surface area contributed by atoms with Crippen LogP contribution in [0.5, 0.6) is 5.75 Å². The molecule has 0 radical (unpaired) electrons. The minimum atomic E-state index is -0.378. The number of piperazine rings is 1. The number of nitrogens with one attached hydrogen (secondary N) is 1. The fourth-order valence-corrected chi connectivity index (χ4v) is 4.15. The van der Waals surface area contributed by atoms with Gasteiger partial charge in [0.05, 0.1) is 7.11 Å². The lowest BCUT2D eigenvalue weighted by molar-refractivity contribution is 0.0994. The summed E-state index contributed by atoms with van der Waals surface area (Å²) in [5.74, 6) is 1.69. The normalized spacial score (nSPS) is 13.5. The Labute approximate surface area is 208 Å². The summed E-state index contributed by atoms with van der Waals surface area (Å²) in [4.78, 5) is 29.5. The van der Waals surface area contributed by atoms with Crippen molar-refractivity contribution in [3.05, 3.63) is 101 Å². The molecule has 1 aliphatic rings. The number of hydrogen-bond acceptors (Lipinski definition) is 7. The summed E-state index contributed by atoms with van der Waals surface area (Å²) >= 11 is 0. The van der Waals surface area contributed by atoms with Gasteiger partial charge in [-0.3, -0.25) is 9.59 Å². The highest BCUT2D eigenvalue weighted by atomic mass is 16.5. The van der Waals surface area contributed by atoms with Gasteiger partial charge in [0, 0.05) is 43.6 Å². The summed E-state index contributed by atoms with van der Waals surface area (Å²) < 4.78 is 12.2. The first-order valence-corrected chi connectivity index (χ1v) is 11.8. The molecule has 36 heavy (non-hydrogen) atoms. The Morgan fingerprint density at radius 1 is 0.917 bits per heavy atom. The second-order valence-corrected chi connectivity index (χ2v) is 8.45. The summed E-state index contributed by atoms with van der Waals surface area (Å²) in [6, 6.07) is 23.9. The van der Waals surface area contributed by atoms with Crippen LogP contribution in [0, 0.1) is 0 Å². The van der Waals surface area contributed by atoms with Crippen molar-refractivity contribution in [1.29, 1.82) is 0 Å². The first-order valence-electron chi connectivity index (χ1n) is 11.8. The molecule has 0 spiro atoms. The van der Waals surface area contributed by atoms with Gasteiger partial charge >= 0.3 is 0 Å². The SMILES string of the molecule is COc1ccc(NC(=O)c2ccc(Cn3nc(N4CCN(c5ccccc5)CC4)ccc3=O)o2)cc1. The number of anilines is 3. The van der Waals surface area contributed by atoms with Crippen LogP contribution in [0.1, 0.15) is 16.3 Å². The Morgan fingerprint density at radius 2 is 1.64 bits per heavy atom. The second kappa shape index (κ2) is 10.4. The maximum absolute atomic E-state index is 12.6. The molecule has 4 aromatic rings. The highest BCUT2D eigenvalue weighted by Gasteiger charge is 2.19. The molecule has 9 heteroatoms. The van der Waals surface area contributed by atoms with Crippen molar-refractivity contribution in [2.24, 2.45) is 0 Å². The van der Waals surface area contributed by atoms with Crippen molar-refractivity contribution in [1.82, 2.24) is 9.78 Å². The molecule has 0 aliphatic carbocycles. The van der Waals surface area contributed by atoms with Gasteiger partial charge in [-0.2, -0.15) is 5.10 Å². The van der Waals surface area contributed by atoms with Crippen LogP contribution in [0.4, 0.5) is 17.2 Å². The molecular formula is C27H27N5O4. The number of ether oxygens (including phenoxy) is 1. The Kier molecular flexibility index (Phi) is 6.70. The smallest absolute Gasteiger partial charge is 0.291 e. The third-order valence-electron chi connectivity index (χ3n) is 6.12. The zero-order valence-electron chi connectivity index (χ0n) is 20.0. The molecule has 1 fully saturated rings. The van der Waals surface area contributed by atoms with Crippen molar-refractivity contribution in [3.8, 4) is 5.75 Å². The van der Waals surface area contributed by atoms with Crippen molar-refractivity contribution in [2.45, 2.75) is 6.54 Å². The van der Waals surface area contributed by atoms with Crippen LogP contribution >= 0.6 is 0 Å². The van der Waals surface area contributed by atoms with E-state index in [1.165, 1.54) is 16.4 Å². The Bertz CT molecular complexity index is 1370. The predicted molar refractivity (Wildman–Crippen MR) is 138 cm³/mol. The molecule has 9 nitrogen and oxygen atoms in total. The number of furan rings is 1. The van der Waals surface area contributed by atoms with Gasteiger partial charge in [0.25, 0.3) is 11.5 Å². The van der Waals surface area contributed by atoms with Crippen molar-refractivity contribution in [3.63, 3.8) is 0 Å². The van der Waals surface area contributed by atoms with Gasteiger partial charge in [-0.05, 0) is 54.6 Å². The molecule has 5 rings (SSSR count). The third kappa shape index (κ3) is 5.25. The number of aromatic nitrogens is 2. The number of para-hydroxylation sites is 1. The fraction of sp³-hybridized carbons (Fsp3) is 0.222. The molecule has 0 unspecified atom stereocenters. The number of rotatable bonds is 7. The van der Waals surface area contributed by atoms with Gasteiger partial charge < -0.3 is 24.3 Å². The largest absolute Gasteiger partial charge is 0.497 e. The Morgan fingerprint density at radius 3 is 2.36 bits per heavy atom. The van der Waals surface area contributed by atoms with Crippen molar-refractivity contribution in [2.75, 3.05) is 48.4 Å². The number of carbonyl (C=O) groups excluding carboxylic acids is 1. The molecule has 2 aromatic carbocycles. The quantitative estimate of drug-likeness (QED) is 0.428. The lowest BCUT2D eigenvalue weighted by Crippen LogP contribution is -2.47. The van der Waals surface area contributed by atoms with E-state index >= 15 is 0 Å². The highest BCUT2D eigenvalue weighted by Crippen LogP contribution is 2.19. The maximum atomic E-state index is 12.6. The van der Waals surface area contributed by atoms with Crippen molar-refractivity contribution >= 4 is 23.1 Å². The zero-order valence-corrected chi connectivity index (χ0v) is 20.0. The van der Waals surface area contributed by atoms with Crippen LogP contribution in [-0.2, 0) is 6.54 Å². The Balaban J connectivity index is 1.23. The van der Waals surface area contributed by atoms with Crippen LogP contribution in [0.3, 0.4) is 0 Å². The first-order chi connectivity index (χ1) is 17.6. The number of amides is 1. The summed E-state index contributed by atoms with van der Waals surface area (Å²) in [7, 11) is 1.58. The third-order valence-corrected chi connectivity index (χ3v) is 6.12. The van der Waals surface area contributed by atoms with E-state index in [0.29, 0.717) is 17.2 Å². The number of carbonyl (C=O) groups is 1.